The summed E-state index contributed by atoms with van der Waals surface area (Å²) in [5.41, 5.74) is 2.82. The molecule has 1 aliphatic rings. The lowest BCUT2D eigenvalue weighted by molar-refractivity contribution is -0.116. The number of hydrogen-bond donors (Lipinski definition) is 2. The number of rotatable bonds is 1. The number of nitrogens with zero attached hydrogens (tertiary/aromatic N) is 2. The SMILES string of the molecule is CC(=O)/N=c1\[nH]c2ccccc2n1C1CCNCC1. The van der Waals surface area contributed by atoms with Gasteiger partial charge in [0.1, 0.15) is 0 Å². The van der Waals surface area contributed by atoms with Crippen molar-refractivity contribution in [3.05, 3.63) is 29.9 Å². The number of para-hydroxylation sites is 2. The van der Waals surface area contributed by atoms with E-state index in [2.05, 4.69) is 25.9 Å². The molecule has 2 heterocycles. The van der Waals surface area contributed by atoms with Crippen molar-refractivity contribution < 1.29 is 4.79 Å². The van der Waals surface area contributed by atoms with E-state index in [0.717, 1.165) is 37.0 Å². The number of carbonyl (C=O) groups is 1. The summed E-state index contributed by atoms with van der Waals surface area (Å²) in [6, 6.07) is 8.50. The third-order valence-electron chi connectivity index (χ3n) is 3.58. The first kappa shape index (κ1) is 12.2. The first-order valence-electron chi connectivity index (χ1n) is 6.71. The summed E-state index contributed by atoms with van der Waals surface area (Å²) in [5, 5.41) is 3.36. The third-order valence-corrected chi connectivity index (χ3v) is 3.58. The fraction of sp³-hybridized carbons (Fsp3) is 0.429. The van der Waals surface area contributed by atoms with E-state index in [0.29, 0.717) is 11.7 Å². The fourth-order valence-corrected chi connectivity index (χ4v) is 2.75. The zero-order valence-electron chi connectivity index (χ0n) is 11.0. The summed E-state index contributed by atoms with van der Waals surface area (Å²) in [6.07, 6.45) is 2.12. The molecule has 5 nitrogen and oxygen atoms in total. The zero-order valence-corrected chi connectivity index (χ0v) is 11.0. The molecule has 0 saturated carbocycles. The van der Waals surface area contributed by atoms with Gasteiger partial charge in [0.15, 0.2) is 0 Å². The number of benzene rings is 1. The largest absolute Gasteiger partial charge is 0.324 e. The quantitative estimate of drug-likeness (QED) is 0.811. The van der Waals surface area contributed by atoms with Crippen molar-refractivity contribution in [1.29, 1.82) is 0 Å². The maximum atomic E-state index is 11.3. The number of aromatic nitrogens is 2. The first-order chi connectivity index (χ1) is 9.25. The van der Waals surface area contributed by atoms with Crippen LogP contribution in [0.4, 0.5) is 0 Å². The summed E-state index contributed by atoms with van der Waals surface area (Å²) < 4.78 is 2.18. The van der Waals surface area contributed by atoms with E-state index in [1.54, 1.807) is 0 Å². The number of imidazole rings is 1. The molecule has 2 aromatic rings. The van der Waals surface area contributed by atoms with E-state index < -0.39 is 0 Å². The third kappa shape index (κ3) is 2.33. The average molecular weight is 258 g/mol. The smallest absolute Gasteiger partial charge is 0.245 e. The number of hydrogen-bond acceptors (Lipinski definition) is 2. The molecule has 2 N–H and O–H groups in total. The molecule has 0 spiro atoms. The molecule has 5 heteroatoms. The van der Waals surface area contributed by atoms with Gasteiger partial charge in [0.25, 0.3) is 0 Å². The molecule has 100 valence electrons. The number of nitrogens with one attached hydrogen (secondary N) is 2. The molecule has 0 unspecified atom stereocenters. The van der Waals surface area contributed by atoms with Gasteiger partial charge < -0.3 is 14.9 Å². The van der Waals surface area contributed by atoms with Crippen LogP contribution in [0.25, 0.3) is 11.0 Å². The Morgan fingerprint density at radius 1 is 1.32 bits per heavy atom. The number of piperidine rings is 1. The highest BCUT2D eigenvalue weighted by molar-refractivity contribution is 5.77. The van der Waals surface area contributed by atoms with Crippen LogP contribution in [0.3, 0.4) is 0 Å². The van der Waals surface area contributed by atoms with Gasteiger partial charge in [-0.15, -0.1) is 0 Å². The molecule has 1 aromatic heterocycles. The molecule has 1 amide bonds. The van der Waals surface area contributed by atoms with Gasteiger partial charge in [-0.25, -0.2) is 0 Å². The van der Waals surface area contributed by atoms with Crippen LogP contribution in [0.15, 0.2) is 29.3 Å². The number of H-pyrrole nitrogens is 1. The van der Waals surface area contributed by atoms with Gasteiger partial charge >= 0.3 is 0 Å². The van der Waals surface area contributed by atoms with Crippen molar-refractivity contribution in [2.75, 3.05) is 13.1 Å². The molecular weight excluding hydrogens is 240 g/mol. The maximum absolute atomic E-state index is 11.3. The summed E-state index contributed by atoms with van der Waals surface area (Å²) in [6.45, 7) is 3.51. The summed E-state index contributed by atoms with van der Waals surface area (Å²) in [7, 11) is 0. The van der Waals surface area contributed by atoms with Gasteiger partial charge in [-0.3, -0.25) is 4.79 Å². The van der Waals surface area contributed by atoms with Crippen LogP contribution in [-0.4, -0.2) is 28.5 Å². The van der Waals surface area contributed by atoms with E-state index in [1.165, 1.54) is 6.92 Å². The predicted molar refractivity (Wildman–Crippen MR) is 73.7 cm³/mol. The Hall–Kier alpha value is -1.88. The second-order valence-corrected chi connectivity index (χ2v) is 4.95. The van der Waals surface area contributed by atoms with Crippen LogP contribution in [0.5, 0.6) is 0 Å². The number of fused-ring (bicyclic) bond motifs is 1. The van der Waals surface area contributed by atoms with Gasteiger partial charge in [-0.2, -0.15) is 4.99 Å². The van der Waals surface area contributed by atoms with E-state index in [9.17, 15) is 4.79 Å². The van der Waals surface area contributed by atoms with Crippen LogP contribution in [-0.2, 0) is 4.79 Å². The van der Waals surface area contributed by atoms with E-state index in [1.807, 2.05) is 18.2 Å². The Labute approximate surface area is 111 Å². The van der Waals surface area contributed by atoms with E-state index in [-0.39, 0.29) is 5.91 Å². The lowest BCUT2D eigenvalue weighted by Gasteiger charge is -2.24. The fourth-order valence-electron chi connectivity index (χ4n) is 2.75. The highest BCUT2D eigenvalue weighted by Crippen LogP contribution is 2.21. The van der Waals surface area contributed by atoms with Gasteiger partial charge in [0.05, 0.1) is 11.0 Å². The van der Waals surface area contributed by atoms with Gasteiger partial charge in [0.2, 0.25) is 11.5 Å². The molecule has 0 radical (unpaired) electrons. The van der Waals surface area contributed by atoms with Crippen molar-refractivity contribution >= 4 is 16.9 Å². The van der Waals surface area contributed by atoms with Crippen LogP contribution >= 0.6 is 0 Å². The Kier molecular flexibility index (Phi) is 3.21. The minimum absolute atomic E-state index is 0.172. The van der Waals surface area contributed by atoms with Crippen LogP contribution in [0.2, 0.25) is 0 Å². The molecule has 1 aromatic carbocycles. The van der Waals surface area contributed by atoms with E-state index in [4.69, 9.17) is 0 Å². The van der Waals surface area contributed by atoms with Crippen molar-refractivity contribution in [1.82, 2.24) is 14.9 Å². The van der Waals surface area contributed by atoms with Gasteiger partial charge in [-0.05, 0) is 38.1 Å². The second-order valence-electron chi connectivity index (χ2n) is 4.95. The van der Waals surface area contributed by atoms with Crippen molar-refractivity contribution in [2.24, 2.45) is 4.99 Å². The molecule has 0 bridgehead atoms. The highest BCUT2D eigenvalue weighted by Gasteiger charge is 2.18. The van der Waals surface area contributed by atoms with E-state index >= 15 is 0 Å². The van der Waals surface area contributed by atoms with Gasteiger partial charge in [0, 0.05) is 13.0 Å². The molecule has 1 saturated heterocycles. The molecule has 0 aliphatic carbocycles. The molecule has 1 aliphatic heterocycles. The minimum Gasteiger partial charge on any atom is -0.324 e. The number of carbonyl (C=O) groups excluding carboxylic acids is 1. The van der Waals surface area contributed by atoms with Crippen LogP contribution in [0, 0.1) is 0 Å². The summed E-state index contributed by atoms with van der Waals surface area (Å²) >= 11 is 0. The molecule has 3 rings (SSSR count). The lowest BCUT2D eigenvalue weighted by Crippen LogP contribution is -2.34. The topological polar surface area (TPSA) is 62.2 Å². The Balaban J connectivity index is 2.21. The maximum Gasteiger partial charge on any atom is 0.245 e. The predicted octanol–water partition coefficient (Wildman–Crippen LogP) is 1.34. The highest BCUT2D eigenvalue weighted by atomic mass is 16.1. The molecule has 0 atom stereocenters. The van der Waals surface area contributed by atoms with Gasteiger partial charge in [-0.1, -0.05) is 12.1 Å². The van der Waals surface area contributed by atoms with Crippen LogP contribution < -0.4 is 10.9 Å². The first-order valence-corrected chi connectivity index (χ1v) is 6.71. The zero-order chi connectivity index (χ0) is 13.2. The average Bonchev–Trinajstić information content (AvgIpc) is 2.76. The number of aromatic amines is 1. The Morgan fingerprint density at radius 2 is 2.05 bits per heavy atom. The molecule has 1 fully saturated rings. The minimum atomic E-state index is -0.172. The summed E-state index contributed by atoms with van der Waals surface area (Å²) in [5.74, 6) is -0.172. The number of amides is 1. The molecular formula is C14H18N4O. The van der Waals surface area contributed by atoms with Crippen LogP contribution in [0.1, 0.15) is 25.8 Å². The standard InChI is InChI=1S/C14H18N4O/c1-10(19)16-14-17-12-4-2-3-5-13(12)18(14)11-6-8-15-9-7-11/h2-5,11,15H,6-9H2,1H3,(H,16,17,19). The molecule has 19 heavy (non-hydrogen) atoms. The Bertz CT molecular complexity index is 661. The summed E-state index contributed by atoms with van der Waals surface area (Å²) in [4.78, 5) is 18.7. The second kappa shape index (κ2) is 5.01. The van der Waals surface area contributed by atoms with Crippen molar-refractivity contribution in [2.45, 2.75) is 25.8 Å². The van der Waals surface area contributed by atoms with Crippen molar-refractivity contribution in [3.63, 3.8) is 0 Å². The monoisotopic (exact) mass is 258 g/mol. The normalized spacial score (nSPS) is 18.1. The lowest BCUT2D eigenvalue weighted by atomic mass is 10.1. The van der Waals surface area contributed by atoms with Crippen molar-refractivity contribution in [3.8, 4) is 0 Å². The Morgan fingerprint density at radius 3 is 2.79 bits per heavy atom.